The standard InChI is InChI=1S/C15H26O2/c1-9(2)15-8-7-14(4,17-15)11-6-5-10(3)12(11)13(15)16/h9-13,16H,5-8H2,1-4H3. The van der Waals surface area contributed by atoms with Crippen LogP contribution >= 0.6 is 0 Å². The molecule has 3 fully saturated rings. The number of hydrogen-bond donors (Lipinski definition) is 1. The van der Waals surface area contributed by atoms with Gasteiger partial charge in [-0.15, -0.1) is 0 Å². The number of hydrogen-bond acceptors (Lipinski definition) is 2. The number of aliphatic hydroxyl groups is 1. The molecular weight excluding hydrogens is 212 g/mol. The number of ether oxygens (including phenoxy) is 1. The first kappa shape index (κ1) is 12.0. The topological polar surface area (TPSA) is 29.5 Å². The minimum absolute atomic E-state index is 0.0406. The van der Waals surface area contributed by atoms with E-state index in [1.807, 2.05) is 0 Å². The van der Waals surface area contributed by atoms with Crippen LogP contribution in [0.5, 0.6) is 0 Å². The summed E-state index contributed by atoms with van der Waals surface area (Å²) in [6, 6.07) is 0. The summed E-state index contributed by atoms with van der Waals surface area (Å²) >= 11 is 0. The van der Waals surface area contributed by atoms with E-state index in [4.69, 9.17) is 4.74 Å². The van der Waals surface area contributed by atoms with Crippen LogP contribution in [0.3, 0.4) is 0 Å². The Bertz CT molecular complexity index is 327. The molecule has 0 aromatic rings. The van der Waals surface area contributed by atoms with Gasteiger partial charge in [0.15, 0.2) is 0 Å². The lowest BCUT2D eigenvalue weighted by molar-refractivity contribution is -0.251. The molecule has 98 valence electrons. The molecule has 1 saturated carbocycles. The molecule has 2 aliphatic heterocycles. The molecule has 0 amide bonds. The zero-order valence-electron chi connectivity index (χ0n) is 11.6. The Labute approximate surface area is 105 Å². The lowest BCUT2D eigenvalue weighted by Crippen LogP contribution is -2.60. The van der Waals surface area contributed by atoms with Crippen LogP contribution in [-0.2, 0) is 4.74 Å². The van der Waals surface area contributed by atoms with E-state index in [9.17, 15) is 5.11 Å². The van der Waals surface area contributed by atoms with Crippen molar-refractivity contribution in [2.24, 2.45) is 23.7 Å². The molecule has 3 rings (SSSR count). The first-order chi connectivity index (χ1) is 7.91. The minimum atomic E-state index is -0.255. The summed E-state index contributed by atoms with van der Waals surface area (Å²) in [5, 5.41) is 10.8. The molecule has 3 aliphatic rings. The van der Waals surface area contributed by atoms with Gasteiger partial charge >= 0.3 is 0 Å². The summed E-state index contributed by atoms with van der Waals surface area (Å²) in [5.74, 6) is 2.13. The molecule has 6 atom stereocenters. The predicted molar refractivity (Wildman–Crippen MR) is 67.7 cm³/mol. The van der Waals surface area contributed by atoms with Crippen molar-refractivity contribution in [1.29, 1.82) is 0 Å². The number of aliphatic hydroxyl groups excluding tert-OH is 1. The average Bonchev–Trinajstić information content (AvgIpc) is 2.78. The van der Waals surface area contributed by atoms with Crippen molar-refractivity contribution in [3.05, 3.63) is 0 Å². The van der Waals surface area contributed by atoms with Gasteiger partial charge < -0.3 is 9.84 Å². The third-order valence-corrected chi connectivity index (χ3v) is 6.12. The van der Waals surface area contributed by atoms with Crippen molar-refractivity contribution in [2.75, 3.05) is 0 Å². The minimum Gasteiger partial charge on any atom is -0.390 e. The first-order valence-corrected chi connectivity index (χ1v) is 7.29. The molecule has 2 nitrogen and oxygen atoms in total. The van der Waals surface area contributed by atoms with Gasteiger partial charge in [-0.05, 0) is 56.3 Å². The monoisotopic (exact) mass is 238 g/mol. The van der Waals surface area contributed by atoms with Crippen LogP contribution < -0.4 is 0 Å². The lowest BCUT2D eigenvalue weighted by Gasteiger charge is -2.52. The molecule has 17 heavy (non-hydrogen) atoms. The molecule has 1 N–H and O–H groups in total. The van der Waals surface area contributed by atoms with E-state index in [0.29, 0.717) is 23.7 Å². The Balaban J connectivity index is 2.03. The van der Waals surface area contributed by atoms with E-state index in [1.165, 1.54) is 12.8 Å². The Kier molecular flexibility index (Phi) is 2.45. The first-order valence-electron chi connectivity index (χ1n) is 7.29. The smallest absolute Gasteiger partial charge is 0.0974 e. The molecule has 2 heterocycles. The Morgan fingerprint density at radius 3 is 2.59 bits per heavy atom. The van der Waals surface area contributed by atoms with E-state index in [0.717, 1.165) is 12.8 Å². The Hall–Kier alpha value is -0.0800. The summed E-state index contributed by atoms with van der Waals surface area (Å²) in [4.78, 5) is 0. The van der Waals surface area contributed by atoms with Crippen LogP contribution in [0.25, 0.3) is 0 Å². The fourth-order valence-corrected chi connectivity index (χ4v) is 4.99. The predicted octanol–water partition coefficient (Wildman–Crippen LogP) is 2.99. The van der Waals surface area contributed by atoms with Crippen molar-refractivity contribution < 1.29 is 9.84 Å². The van der Waals surface area contributed by atoms with E-state index in [2.05, 4.69) is 27.7 Å². The Morgan fingerprint density at radius 1 is 1.24 bits per heavy atom. The normalized spacial score (nSPS) is 57.5. The molecule has 2 bridgehead atoms. The van der Waals surface area contributed by atoms with Crippen molar-refractivity contribution in [2.45, 2.75) is 70.7 Å². The van der Waals surface area contributed by atoms with Crippen LogP contribution in [0, 0.1) is 23.7 Å². The van der Waals surface area contributed by atoms with Crippen molar-refractivity contribution in [3.63, 3.8) is 0 Å². The second-order valence-corrected chi connectivity index (χ2v) is 7.21. The van der Waals surface area contributed by atoms with Crippen molar-refractivity contribution in [3.8, 4) is 0 Å². The summed E-state index contributed by atoms with van der Waals surface area (Å²) in [5.41, 5.74) is -0.215. The maximum absolute atomic E-state index is 10.8. The number of fused-ring (bicyclic) bond motifs is 4. The SMILES string of the molecule is CC1CCC2C1C(O)C1(C(C)C)CCC2(C)O1. The summed E-state index contributed by atoms with van der Waals surface area (Å²) in [6.07, 6.45) is 4.44. The molecular formula is C15H26O2. The highest BCUT2D eigenvalue weighted by Gasteiger charge is 2.65. The maximum atomic E-state index is 10.8. The van der Waals surface area contributed by atoms with E-state index < -0.39 is 0 Å². The summed E-state index contributed by atoms with van der Waals surface area (Å²) in [7, 11) is 0. The van der Waals surface area contributed by atoms with Gasteiger partial charge in [0.25, 0.3) is 0 Å². The number of rotatable bonds is 1. The second kappa shape index (κ2) is 3.48. The molecule has 1 aliphatic carbocycles. The van der Waals surface area contributed by atoms with E-state index in [1.54, 1.807) is 0 Å². The highest BCUT2D eigenvalue weighted by atomic mass is 16.5. The van der Waals surface area contributed by atoms with Gasteiger partial charge in [0.05, 0.1) is 17.3 Å². The molecule has 0 aromatic heterocycles. The quantitative estimate of drug-likeness (QED) is 0.761. The average molecular weight is 238 g/mol. The van der Waals surface area contributed by atoms with Crippen LogP contribution in [0.2, 0.25) is 0 Å². The van der Waals surface area contributed by atoms with E-state index >= 15 is 0 Å². The van der Waals surface area contributed by atoms with Gasteiger partial charge in [-0.25, -0.2) is 0 Å². The van der Waals surface area contributed by atoms with Gasteiger partial charge in [-0.3, -0.25) is 0 Å². The molecule has 6 unspecified atom stereocenters. The fraction of sp³-hybridized carbons (Fsp3) is 1.00. The highest BCUT2D eigenvalue weighted by Crippen LogP contribution is 2.61. The Morgan fingerprint density at radius 2 is 1.94 bits per heavy atom. The van der Waals surface area contributed by atoms with Gasteiger partial charge in [0.2, 0.25) is 0 Å². The zero-order valence-corrected chi connectivity index (χ0v) is 11.6. The lowest BCUT2D eigenvalue weighted by atomic mass is 9.70. The second-order valence-electron chi connectivity index (χ2n) is 7.21. The fourth-order valence-electron chi connectivity index (χ4n) is 4.99. The van der Waals surface area contributed by atoms with Crippen molar-refractivity contribution >= 4 is 0 Å². The van der Waals surface area contributed by atoms with Crippen molar-refractivity contribution in [1.82, 2.24) is 0 Å². The molecule has 0 aromatic carbocycles. The van der Waals surface area contributed by atoms with Crippen LogP contribution in [0.15, 0.2) is 0 Å². The molecule has 2 heteroatoms. The largest absolute Gasteiger partial charge is 0.390 e. The maximum Gasteiger partial charge on any atom is 0.0974 e. The van der Waals surface area contributed by atoms with Gasteiger partial charge in [-0.2, -0.15) is 0 Å². The van der Waals surface area contributed by atoms with Crippen LogP contribution in [0.1, 0.15) is 53.4 Å². The highest BCUT2D eigenvalue weighted by molar-refractivity contribution is 5.14. The molecule has 0 spiro atoms. The summed E-state index contributed by atoms with van der Waals surface area (Å²) in [6.45, 7) is 9.01. The molecule has 0 radical (unpaired) electrons. The van der Waals surface area contributed by atoms with Crippen LogP contribution in [-0.4, -0.2) is 22.4 Å². The van der Waals surface area contributed by atoms with Gasteiger partial charge in [0.1, 0.15) is 0 Å². The third kappa shape index (κ3) is 1.34. The van der Waals surface area contributed by atoms with Gasteiger partial charge in [-0.1, -0.05) is 20.8 Å². The van der Waals surface area contributed by atoms with Gasteiger partial charge in [0, 0.05) is 0 Å². The zero-order chi connectivity index (χ0) is 12.4. The van der Waals surface area contributed by atoms with Crippen LogP contribution in [0.4, 0.5) is 0 Å². The van der Waals surface area contributed by atoms with E-state index in [-0.39, 0.29) is 17.3 Å². The third-order valence-electron chi connectivity index (χ3n) is 6.12. The summed E-state index contributed by atoms with van der Waals surface area (Å²) < 4.78 is 6.46. The molecule has 2 saturated heterocycles.